The van der Waals surface area contributed by atoms with Gasteiger partial charge in [-0.25, -0.2) is 15.0 Å². The Bertz CT molecular complexity index is 1130. The van der Waals surface area contributed by atoms with Crippen molar-refractivity contribution in [2.24, 2.45) is 0 Å². The van der Waals surface area contributed by atoms with Crippen LogP contribution in [0.15, 0.2) is 60.9 Å². The van der Waals surface area contributed by atoms with Crippen molar-refractivity contribution in [1.82, 2.24) is 20.3 Å². The van der Waals surface area contributed by atoms with Crippen LogP contribution in [0.1, 0.15) is 18.4 Å². The minimum atomic E-state index is 0.426. The summed E-state index contributed by atoms with van der Waals surface area (Å²) in [7, 11) is 1.67. The molecule has 4 aromatic rings. The lowest BCUT2D eigenvalue weighted by molar-refractivity contribution is 0.416. The van der Waals surface area contributed by atoms with Gasteiger partial charge in [-0.15, -0.1) is 0 Å². The lowest BCUT2D eigenvalue weighted by Crippen LogP contribution is -2.45. The third kappa shape index (κ3) is 4.38. The maximum Gasteiger partial charge on any atom is 0.186 e. The Morgan fingerprint density at radius 1 is 1.10 bits per heavy atom. The third-order valence-electron chi connectivity index (χ3n) is 5.62. The fourth-order valence-corrected chi connectivity index (χ4v) is 4.99. The summed E-state index contributed by atoms with van der Waals surface area (Å²) in [6.07, 6.45) is 6.13. The molecule has 0 radical (unpaired) electrons. The van der Waals surface area contributed by atoms with E-state index in [4.69, 9.17) is 9.72 Å². The molecule has 31 heavy (non-hydrogen) atoms. The number of anilines is 1. The molecule has 5 rings (SSSR count). The van der Waals surface area contributed by atoms with Crippen molar-refractivity contribution in [2.75, 3.05) is 25.1 Å². The normalized spacial score (nSPS) is 16.5. The van der Waals surface area contributed by atoms with Gasteiger partial charge < -0.3 is 15.0 Å². The molecular formula is C24H25N5OS. The number of rotatable bonds is 6. The predicted molar refractivity (Wildman–Crippen MR) is 126 cm³/mol. The van der Waals surface area contributed by atoms with Crippen LogP contribution in [0, 0.1) is 0 Å². The molecule has 0 aliphatic carbocycles. The van der Waals surface area contributed by atoms with Crippen LogP contribution in [0.3, 0.4) is 0 Å². The summed E-state index contributed by atoms with van der Waals surface area (Å²) in [4.78, 5) is 16.4. The van der Waals surface area contributed by atoms with Gasteiger partial charge >= 0.3 is 0 Å². The van der Waals surface area contributed by atoms with E-state index in [-0.39, 0.29) is 0 Å². The number of nitrogens with one attached hydrogen (secondary N) is 1. The van der Waals surface area contributed by atoms with Gasteiger partial charge in [0, 0.05) is 43.6 Å². The first-order valence-electron chi connectivity index (χ1n) is 10.6. The van der Waals surface area contributed by atoms with Gasteiger partial charge in [-0.1, -0.05) is 35.6 Å². The summed E-state index contributed by atoms with van der Waals surface area (Å²) in [6, 6.07) is 16.6. The van der Waals surface area contributed by atoms with Crippen LogP contribution in [0.4, 0.5) is 5.13 Å². The molecule has 1 aliphatic rings. The van der Waals surface area contributed by atoms with Gasteiger partial charge in [0.25, 0.3) is 0 Å². The van der Waals surface area contributed by atoms with E-state index in [1.54, 1.807) is 18.4 Å². The van der Waals surface area contributed by atoms with Crippen LogP contribution in [0.2, 0.25) is 0 Å². The molecule has 6 nitrogen and oxygen atoms in total. The molecule has 0 bridgehead atoms. The van der Waals surface area contributed by atoms with Gasteiger partial charge in [-0.05, 0) is 37.1 Å². The maximum absolute atomic E-state index is 5.42. The molecule has 0 spiro atoms. The number of hydrogen-bond donors (Lipinski definition) is 1. The Hall–Kier alpha value is -3.03. The average molecular weight is 432 g/mol. The Kier molecular flexibility index (Phi) is 5.78. The number of fused-ring (bicyclic) bond motifs is 1. The van der Waals surface area contributed by atoms with Crippen molar-refractivity contribution in [1.29, 1.82) is 0 Å². The molecule has 1 fully saturated rings. The van der Waals surface area contributed by atoms with E-state index in [0.29, 0.717) is 11.9 Å². The smallest absolute Gasteiger partial charge is 0.186 e. The summed E-state index contributed by atoms with van der Waals surface area (Å²) in [5, 5.41) is 4.81. The molecule has 7 heteroatoms. The number of piperidine rings is 1. The Morgan fingerprint density at radius 3 is 2.74 bits per heavy atom. The number of methoxy groups -OCH3 is 1. The quantitative estimate of drug-likeness (QED) is 0.484. The first-order chi connectivity index (χ1) is 15.3. The first-order valence-corrected chi connectivity index (χ1v) is 11.4. The molecule has 1 aliphatic heterocycles. The summed E-state index contributed by atoms with van der Waals surface area (Å²) in [6.45, 7) is 2.79. The van der Waals surface area contributed by atoms with Crippen molar-refractivity contribution in [3.8, 4) is 17.1 Å². The van der Waals surface area contributed by atoms with Crippen LogP contribution < -0.4 is 15.0 Å². The van der Waals surface area contributed by atoms with Crippen molar-refractivity contribution >= 4 is 26.7 Å². The second-order valence-electron chi connectivity index (χ2n) is 7.75. The maximum atomic E-state index is 5.42. The van der Waals surface area contributed by atoms with E-state index >= 15 is 0 Å². The molecular weight excluding hydrogens is 406 g/mol. The standard InChI is InChI=1S/C24H25N5OS/c1-30-21-10-4-2-8-19(21)23-26-14-17(15-27-23)13-25-18-7-6-12-29(16-18)24-28-20-9-3-5-11-22(20)31-24/h2-5,8-11,14-15,18,25H,6-7,12-13,16H2,1H3/t18-/m0/s1. The zero-order valence-corrected chi connectivity index (χ0v) is 18.3. The molecule has 1 saturated heterocycles. The van der Waals surface area contributed by atoms with E-state index in [0.717, 1.165) is 53.6 Å². The largest absolute Gasteiger partial charge is 0.496 e. The van der Waals surface area contributed by atoms with Crippen molar-refractivity contribution < 1.29 is 4.74 Å². The number of ether oxygens (including phenoxy) is 1. The van der Waals surface area contributed by atoms with Crippen molar-refractivity contribution in [2.45, 2.75) is 25.4 Å². The van der Waals surface area contributed by atoms with E-state index in [1.807, 2.05) is 42.7 Å². The summed E-state index contributed by atoms with van der Waals surface area (Å²) in [5.41, 5.74) is 3.07. The van der Waals surface area contributed by atoms with Gasteiger partial charge in [-0.3, -0.25) is 0 Å². The number of nitrogens with zero attached hydrogens (tertiary/aromatic N) is 4. The lowest BCUT2D eigenvalue weighted by Gasteiger charge is -2.33. The lowest BCUT2D eigenvalue weighted by atomic mass is 10.1. The van der Waals surface area contributed by atoms with Crippen LogP contribution in [-0.2, 0) is 6.54 Å². The zero-order chi connectivity index (χ0) is 21.0. The highest BCUT2D eigenvalue weighted by molar-refractivity contribution is 7.22. The van der Waals surface area contributed by atoms with Crippen LogP contribution in [-0.4, -0.2) is 41.2 Å². The van der Waals surface area contributed by atoms with Crippen molar-refractivity contribution in [3.05, 3.63) is 66.5 Å². The van der Waals surface area contributed by atoms with Gasteiger partial charge in [0.2, 0.25) is 0 Å². The van der Waals surface area contributed by atoms with Gasteiger partial charge in [0.05, 0.1) is 22.9 Å². The van der Waals surface area contributed by atoms with Crippen LogP contribution in [0.5, 0.6) is 5.75 Å². The van der Waals surface area contributed by atoms with E-state index in [2.05, 4.69) is 38.4 Å². The Balaban J connectivity index is 1.21. The highest BCUT2D eigenvalue weighted by atomic mass is 32.1. The summed E-state index contributed by atoms with van der Waals surface area (Å²) >= 11 is 1.78. The van der Waals surface area contributed by atoms with Gasteiger partial charge in [0.15, 0.2) is 11.0 Å². The minimum absolute atomic E-state index is 0.426. The third-order valence-corrected chi connectivity index (χ3v) is 6.72. The number of hydrogen-bond acceptors (Lipinski definition) is 7. The van der Waals surface area contributed by atoms with E-state index in [1.165, 1.54) is 11.1 Å². The molecule has 3 heterocycles. The molecule has 2 aromatic carbocycles. The fourth-order valence-electron chi connectivity index (χ4n) is 3.99. The SMILES string of the molecule is COc1ccccc1-c1ncc(CN[C@H]2CCCN(c3nc4ccccc4s3)C2)cn1. The highest BCUT2D eigenvalue weighted by Crippen LogP contribution is 2.30. The first kappa shape index (κ1) is 19.9. The number of aromatic nitrogens is 3. The molecule has 158 valence electrons. The van der Waals surface area contributed by atoms with Crippen LogP contribution in [0.25, 0.3) is 21.6 Å². The van der Waals surface area contributed by atoms with Gasteiger partial charge in [0.1, 0.15) is 5.75 Å². The molecule has 0 unspecified atom stereocenters. The topological polar surface area (TPSA) is 63.2 Å². The number of thiazole rings is 1. The second kappa shape index (κ2) is 8.99. The van der Waals surface area contributed by atoms with Gasteiger partial charge in [-0.2, -0.15) is 0 Å². The fraction of sp³-hybridized carbons (Fsp3) is 0.292. The highest BCUT2D eigenvalue weighted by Gasteiger charge is 2.22. The minimum Gasteiger partial charge on any atom is -0.496 e. The molecule has 1 atom stereocenters. The Morgan fingerprint density at radius 2 is 1.90 bits per heavy atom. The molecule has 0 amide bonds. The second-order valence-corrected chi connectivity index (χ2v) is 8.75. The van der Waals surface area contributed by atoms with E-state index in [9.17, 15) is 0 Å². The average Bonchev–Trinajstić information content (AvgIpc) is 3.28. The molecule has 0 saturated carbocycles. The summed E-state index contributed by atoms with van der Waals surface area (Å²) < 4.78 is 6.67. The Labute approximate surface area is 185 Å². The zero-order valence-electron chi connectivity index (χ0n) is 17.5. The van der Waals surface area contributed by atoms with Crippen molar-refractivity contribution in [3.63, 3.8) is 0 Å². The summed E-state index contributed by atoms with van der Waals surface area (Å²) in [5.74, 6) is 1.46. The molecule has 2 aromatic heterocycles. The van der Waals surface area contributed by atoms with E-state index < -0.39 is 0 Å². The monoisotopic (exact) mass is 431 g/mol. The number of benzene rings is 2. The van der Waals surface area contributed by atoms with Crippen LogP contribution >= 0.6 is 11.3 Å². The number of para-hydroxylation sites is 2. The molecule has 1 N–H and O–H groups in total. The predicted octanol–water partition coefficient (Wildman–Crippen LogP) is 4.52.